The number of amides is 1. The molecule has 1 amide bonds. The number of piperidine rings is 1. The van der Waals surface area contributed by atoms with Gasteiger partial charge in [0.05, 0.1) is 40.4 Å². The highest BCUT2D eigenvalue weighted by atomic mass is 32.1. The number of ketones is 1. The van der Waals surface area contributed by atoms with Crippen LogP contribution < -0.4 is 10.5 Å². The quantitative estimate of drug-likeness (QED) is 0.645. The van der Waals surface area contributed by atoms with Gasteiger partial charge in [0.25, 0.3) is 5.91 Å². The number of nitrogen functional groups attached to an aromatic ring is 1. The largest absolute Gasteiger partial charge is 0.486 e. The minimum Gasteiger partial charge on any atom is -0.486 e. The summed E-state index contributed by atoms with van der Waals surface area (Å²) in [6.45, 7) is 0.963. The molecule has 4 heterocycles. The van der Waals surface area contributed by atoms with Gasteiger partial charge in [-0.15, -0.1) is 11.3 Å². The van der Waals surface area contributed by atoms with Gasteiger partial charge in [-0.25, -0.2) is 0 Å². The lowest BCUT2D eigenvalue weighted by Gasteiger charge is -2.44. The third-order valence-corrected chi connectivity index (χ3v) is 7.17. The van der Waals surface area contributed by atoms with Crippen LogP contribution in [0.25, 0.3) is 10.4 Å². The summed E-state index contributed by atoms with van der Waals surface area (Å²) in [5.74, 6) is 0.388. The van der Waals surface area contributed by atoms with Gasteiger partial charge in [0.1, 0.15) is 11.4 Å². The molecule has 2 N–H and O–H groups in total. The van der Waals surface area contributed by atoms with E-state index in [1.54, 1.807) is 34.0 Å². The van der Waals surface area contributed by atoms with Crippen LogP contribution >= 0.6 is 11.3 Å². The Kier molecular flexibility index (Phi) is 4.75. The van der Waals surface area contributed by atoms with Gasteiger partial charge in [-0.05, 0) is 24.3 Å². The van der Waals surface area contributed by atoms with E-state index in [0.29, 0.717) is 53.4 Å². The summed E-state index contributed by atoms with van der Waals surface area (Å²) in [5.41, 5.74) is 7.89. The van der Waals surface area contributed by atoms with Crippen LogP contribution in [-0.2, 0) is 7.05 Å². The zero-order chi connectivity index (χ0) is 22.5. The van der Waals surface area contributed by atoms with Crippen LogP contribution in [0.5, 0.6) is 5.75 Å². The Morgan fingerprint density at radius 2 is 2.09 bits per heavy atom. The maximum Gasteiger partial charge on any atom is 0.256 e. The predicted molar refractivity (Wildman–Crippen MR) is 120 cm³/mol. The third-order valence-electron chi connectivity index (χ3n) is 6.16. The molecule has 5 rings (SSSR count). The van der Waals surface area contributed by atoms with Gasteiger partial charge in [0, 0.05) is 49.6 Å². The first kappa shape index (κ1) is 20.3. The minimum atomic E-state index is -0.615. The van der Waals surface area contributed by atoms with Crippen LogP contribution in [0.3, 0.4) is 0 Å². The van der Waals surface area contributed by atoms with Crippen LogP contribution in [0.1, 0.15) is 45.5 Å². The van der Waals surface area contributed by atoms with Crippen molar-refractivity contribution in [1.82, 2.24) is 14.7 Å². The molecule has 2 aromatic heterocycles. The van der Waals surface area contributed by atoms with E-state index in [9.17, 15) is 9.59 Å². The normalized spacial score (nSPS) is 17.0. The van der Waals surface area contributed by atoms with E-state index in [1.807, 2.05) is 19.3 Å². The van der Waals surface area contributed by atoms with E-state index in [1.165, 1.54) is 11.3 Å². The number of Topliss-reactive ketones (excluding diaryl/α,β-unsaturated/α-hetero) is 1. The van der Waals surface area contributed by atoms with Crippen molar-refractivity contribution in [2.24, 2.45) is 7.05 Å². The first-order chi connectivity index (χ1) is 15.4. The van der Waals surface area contributed by atoms with Gasteiger partial charge in [0.15, 0.2) is 5.78 Å². The molecule has 32 heavy (non-hydrogen) atoms. The molecule has 9 heteroatoms. The van der Waals surface area contributed by atoms with Crippen molar-refractivity contribution in [3.8, 4) is 22.3 Å². The zero-order valence-electron chi connectivity index (χ0n) is 17.5. The molecule has 1 spiro atoms. The number of thiophene rings is 1. The lowest BCUT2D eigenvalue weighted by Crippen LogP contribution is -2.52. The molecular weight excluding hydrogens is 426 g/mol. The monoisotopic (exact) mass is 447 g/mol. The Morgan fingerprint density at radius 3 is 2.78 bits per heavy atom. The number of hydrogen-bond donors (Lipinski definition) is 1. The van der Waals surface area contributed by atoms with Crippen LogP contribution in [0.15, 0.2) is 36.7 Å². The number of nitrogens with two attached hydrogens (primary N) is 1. The molecule has 0 atom stereocenters. The highest BCUT2D eigenvalue weighted by molar-refractivity contribution is 7.19. The molecule has 0 radical (unpaired) electrons. The first-order valence-electron chi connectivity index (χ1n) is 10.3. The number of aromatic nitrogens is 2. The molecule has 3 aromatic rings. The Bertz CT molecular complexity index is 1280. The van der Waals surface area contributed by atoms with Gasteiger partial charge < -0.3 is 15.4 Å². The molecule has 1 aromatic carbocycles. The fraction of sp³-hybridized carbons (Fsp3) is 0.304. The molecule has 2 aliphatic heterocycles. The highest BCUT2D eigenvalue weighted by Gasteiger charge is 2.44. The zero-order valence-corrected chi connectivity index (χ0v) is 18.3. The third kappa shape index (κ3) is 3.42. The molecule has 8 nitrogen and oxygen atoms in total. The smallest absolute Gasteiger partial charge is 0.256 e. The predicted octanol–water partition coefficient (Wildman–Crippen LogP) is 3.24. The standard InChI is InChI=1S/C23H21N5O3S/c1-27-13-15(12-26-27)20-9-17(21(25)32-20)22(30)28-6-4-23(5-7-28)10-18(29)16-8-14(11-24)2-3-19(16)31-23/h2-3,8-9,12-13H,4-7,10,25H2,1H3. The average molecular weight is 448 g/mol. The van der Waals surface area contributed by atoms with Crippen molar-refractivity contribution in [2.75, 3.05) is 18.8 Å². The van der Waals surface area contributed by atoms with Crippen LogP contribution in [0.2, 0.25) is 0 Å². The molecule has 0 aliphatic carbocycles. The molecule has 1 fully saturated rings. The van der Waals surface area contributed by atoms with Crippen molar-refractivity contribution in [3.05, 3.63) is 53.3 Å². The van der Waals surface area contributed by atoms with Gasteiger partial charge >= 0.3 is 0 Å². The fourth-order valence-corrected chi connectivity index (χ4v) is 5.29. The van der Waals surface area contributed by atoms with Crippen molar-refractivity contribution < 1.29 is 14.3 Å². The SMILES string of the molecule is Cn1cc(-c2cc(C(=O)N3CCC4(CC3)CC(=O)c3cc(C#N)ccc3O4)c(N)s2)cn1. The Balaban J connectivity index is 1.31. The van der Waals surface area contributed by atoms with Crippen molar-refractivity contribution >= 4 is 28.0 Å². The first-order valence-corrected chi connectivity index (χ1v) is 11.1. The average Bonchev–Trinajstić information content (AvgIpc) is 3.39. The summed E-state index contributed by atoms with van der Waals surface area (Å²) in [5, 5.41) is 13.7. The second-order valence-electron chi connectivity index (χ2n) is 8.29. The number of aryl methyl sites for hydroxylation is 1. The van der Waals surface area contributed by atoms with E-state index >= 15 is 0 Å². The molecule has 1 saturated heterocycles. The maximum atomic E-state index is 13.2. The minimum absolute atomic E-state index is 0.0219. The Hall–Kier alpha value is -3.64. The van der Waals surface area contributed by atoms with E-state index in [-0.39, 0.29) is 18.1 Å². The number of fused-ring (bicyclic) bond motifs is 1. The van der Waals surface area contributed by atoms with Crippen LogP contribution in [0.4, 0.5) is 5.00 Å². The number of nitrogens with zero attached hydrogens (tertiary/aromatic N) is 4. The number of ether oxygens (including phenoxy) is 1. The maximum absolute atomic E-state index is 13.2. The van der Waals surface area contributed by atoms with Crippen LogP contribution in [0, 0.1) is 11.3 Å². The number of carbonyl (C=O) groups excluding carboxylic acids is 2. The summed E-state index contributed by atoms with van der Waals surface area (Å²) >= 11 is 1.37. The summed E-state index contributed by atoms with van der Waals surface area (Å²) < 4.78 is 7.96. The summed E-state index contributed by atoms with van der Waals surface area (Å²) in [4.78, 5) is 28.6. The summed E-state index contributed by atoms with van der Waals surface area (Å²) in [6, 6.07) is 8.81. The molecule has 0 unspecified atom stereocenters. The van der Waals surface area contributed by atoms with Crippen molar-refractivity contribution in [2.45, 2.75) is 24.9 Å². The highest BCUT2D eigenvalue weighted by Crippen LogP contribution is 2.40. The van der Waals surface area contributed by atoms with Crippen LogP contribution in [-0.4, -0.2) is 45.1 Å². The number of likely N-dealkylation sites (tertiary alicyclic amines) is 1. The van der Waals surface area contributed by atoms with Crippen molar-refractivity contribution in [1.29, 1.82) is 5.26 Å². The number of anilines is 1. The fourth-order valence-electron chi connectivity index (χ4n) is 4.39. The van der Waals surface area contributed by atoms with E-state index in [0.717, 1.165) is 10.4 Å². The van der Waals surface area contributed by atoms with Crippen molar-refractivity contribution in [3.63, 3.8) is 0 Å². The molecule has 162 valence electrons. The second-order valence-corrected chi connectivity index (χ2v) is 9.38. The number of carbonyl (C=O) groups is 2. The molecule has 0 bridgehead atoms. The summed E-state index contributed by atoms with van der Waals surface area (Å²) in [7, 11) is 1.84. The van der Waals surface area contributed by atoms with Gasteiger partial charge in [-0.2, -0.15) is 10.4 Å². The lowest BCUT2D eigenvalue weighted by molar-refractivity contribution is -0.00567. The number of nitriles is 1. The van der Waals surface area contributed by atoms with Gasteiger partial charge in [-0.3, -0.25) is 14.3 Å². The Labute approximate surface area is 188 Å². The molecule has 2 aliphatic rings. The van der Waals surface area contributed by atoms with E-state index in [2.05, 4.69) is 11.2 Å². The second kappa shape index (κ2) is 7.50. The molecular formula is C23H21N5O3S. The summed E-state index contributed by atoms with van der Waals surface area (Å²) in [6.07, 6.45) is 5.01. The lowest BCUT2D eigenvalue weighted by atomic mass is 9.82. The number of rotatable bonds is 2. The Morgan fingerprint density at radius 1 is 1.31 bits per heavy atom. The number of hydrogen-bond acceptors (Lipinski definition) is 7. The van der Waals surface area contributed by atoms with Gasteiger partial charge in [0.2, 0.25) is 0 Å². The number of benzene rings is 1. The van der Waals surface area contributed by atoms with E-state index in [4.69, 9.17) is 15.7 Å². The van der Waals surface area contributed by atoms with E-state index < -0.39 is 5.60 Å². The van der Waals surface area contributed by atoms with Gasteiger partial charge in [-0.1, -0.05) is 0 Å². The topological polar surface area (TPSA) is 114 Å². The molecule has 0 saturated carbocycles.